The number of amides is 2. The number of carbonyl (C=O) groups excluding carboxylic acids is 1. The summed E-state index contributed by atoms with van der Waals surface area (Å²) in [5.41, 5.74) is -1.05. The average Bonchev–Trinajstić information content (AvgIpc) is 2.69. The molecule has 1 N–H and O–H groups in total. The van der Waals surface area contributed by atoms with Crippen LogP contribution in [0.4, 0.5) is 22.4 Å². The minimum absolute atomic E-state index is 0.00507. The molecule has 128 valence electrons. The molecule has 2 rings (SSSR count). The average molecular weight is 334 g/mol. The molecule has 0 aliphatic carbocycles. The molecule has 0 spiro atoms. The van der Waals surface area contributed by atoms with Crippen LogP contribution in [0.25, 0.3) is 0 Å². The minimum Gasteiger partial charge on any atom is -0.377 e. The van der Waals surface area contributed by atoms with Gasteiger partial charge in [-0.25, -0.2) is 9.18 Å². The highest BCUT2D eigenvalue weighted by Gasteiger charge is 2.31. The fraction of sp³-hybridized carbons (Fsp3) is 0.533. The predicted molar refractivity (Wildman–Crippen MR) is 75.2 cm³/mol. The summed E-state index contributed by atoms with van der Waals surface area (Å²) in [6.07, 6.45) is -3.98. The zero-order valence-electron chi connectivity index (χ0n) is 12.6. The molecule has 1 aliphatic rings. The lowest BCUT2D eigenvalue weighted by atomic mass is 10.1. The van der Waals surface area contributed by atoms with E-state index in [1.165, 1.54) is 0 Å². The molecule has 1 fully saturated rings. The van der Waals surface area contributed by atoms with Crippen LogP contribution in [-0.4, -0.2) is 36.7 Å². The number of alkyl halides is 3. The van der Waals surface area contributed by atoms with Crippen molar-refractivity contribution in [2.45, 2.75) is 32.2 Å². The van der Waals surface area contributed by atoms with Gasteiger partial charge in [0.15, 0.2) is 0 Å². The molecule has 2 amide bonds. The lowest BCUT2D eigenvalue weighted by Crippen LogP contribution is -2.42. The van der Waals surface area contributed by atoms with Crippen LogP contribution in [-0.2, 0) is 17.5 Å². The van der Waals surface area contributed by atoms with Crippen molar-refractivity contribution in [3.8, 4) is 0 Å². The van der Waals surface area contributed by atoms with Crippen LogP contribution in [0.3, 0.4) is 0 Å². The third-order valence-corrected chi connectivity index (χ3v) is 3.55. The molecule has 8 heteroatoms. The smallest absolute Gasteiger partial charge is 0.377 e. The van der Waals surface area contributed by atoms with E-state index in [0.29, 0.717) is 32.2 Å². The second-order valence-electron chi connectivity index (χ2n) is 5.44. The van der Waals surface area contributed by atoms with Gasteiger partial charge in [-0.3, -0.25) is 0 Å². The number of urea groups is 1. The van der Waals surface area contributed by atoms with Crippen LogP contribution in [0, 0.1) is 5.82 Å². The number of halogens is 4. The molecule has 1 aromatic carbocycles. The fourth-order valence-corrected chi connectivity index (χ4v) is 2.33. The Morgan fingerprint density at radius 3 is 2.83 bits per heavy atom. The molecular formula is C15H18F4N2O2. The normalized spacial score (nSPS) is 19.3. The number of rotatable bonds is 2. The quantitative estimate of drug-likeness (QED) is 0.844. The zero-order chi connectivity index (χ0) is 17.0. The molecule has 1 saturated heterocycles. The maximum absolute atomic E-state index is 13.7. The Balaban J connectivity index is 1.96. The van der Waals surface area contributed by atoms with Crippen molar-refractivity contribution < 1.29 is 27.1 Å². The van der Waals surface area contributed by atoms with E-state index in [0.717, 1.165) is 12.1 Å². The second-order valence-corrected chi connectivity index (χ2v) is 5.44. The van der Waals surface area contributed by atoms with Gasteiger partial charge in [-0.05, 0) is 25.5 Å². The van der Waals surface area contributed by atoms with Gasteiger partial charge in [0.2, 0.25) is 0 Å². The summed E-state index contributed by atoms with van der Waals surface area (Å²) in [4.78, 5) is 13.6. The number of hydrogen-bond acceptors (Lipinski definition) is 2. The van der Waals surface area contributed by atoms with E-state index in [-0.39, 0.29) is 24.2 Å². The third-order valence-electron chi connectivity index (χ3n) is 3.55. The standard InChI is InChI=1S/C15H18F4N2O2/c1-10-9-21(5-2-6-23-10)14(22)20-8-11-3-4-12(7-13(11)16)15(17,18)19/h3-4,7,10H,2,5-6,8-9H2,1H3,(H,20,22)/t10-/m1/s1. The minimum atomic E-state index is -4.59. The van der Waals surface area contributed by atoms with Gasteiger partial charge in [0, 0.05) is 31.8 Å². The number of nitrogens with zero attached hydrogens (tertiary/aromatic N) is 1. The molecule has 0 saturated carbocycles. The van der Waals surface area contributed by atoms with Crippen molar-refractivity contribution >= 4 is 6.03 Å². The van der Waals surface area contributed by atoms with Crippen LogP contribution in [0.1, 0.15) is 24.5 Å². The van der Waals surface area contributed by atoms with Gasteiger partial charge in [-0.15, -0.1) is 0 Å². The van der Waals surface area contributed by atoms with Crippen molar-refractivity contribution in [2.75, 3.05) is 19.7 Å². The van der Waals surface area contributed by atoms with Crippen molar-refractivity contribution in [3.63, 3.8) is 0 Å². The van der Waals surface area contributed by atoms with Crippen LogP contribution in [0.2, 0.25) is 0 Å². The van der Waals surface area contributed by atoms with Gasteiger partial charge in [-0.1, -0.05) is 6.07 Å². The predicted octanol–water partition coefficient (Wildman–Crippen LogP) is 3.16. The molecule has 0 aromatic heterocycles. The van der Waals surface area contributed by atoms with E-state index < -0.39 is 17.6 Å². The van der Waals surface area contributed by atoms with Gasteiger partial charge >= 0.3 is 12.2 Å². The Labute approximate surface area is 131 Å². The largest absolute Gasteiger partial charge is 0.416 e. The van der Waals surface area contributed by atoms with Crippen molar-refractivity contribution in [1.82, 2.24) is 10.2 Å². The van der Waals surface area contributed by atoms with Crippen molar-refractivity contribution in [3.05, 3.63) is 35.1 Å². The van der Waals surface area contributed by atoms with Crippen LogP contribution in [0.15, 0.2) is 18.2 Å². The highest BCUT2D eigenvalue weighted by atomic mass is 19.4. The molecule has 1 heterocycles. The number of nitrogens with one attached hydrogen (secondary N) is 1. The maximum atomic E-state index is 13.7. The first-order valence-corrected chi connectivity index (χ1v) is 7.27. The van der Waals surface area contributed by atoms with Gasteiger partial charge < -0.3 is 15.0 Å². The van der Waals surface area contributed by atoms with E-state index in [2.05, 4.69) is 5.32 Å². The van der Waals surface area contributed by atoms with Crippen molar-refractivity contribution in [1.29, 1.82) is 0 Å². The molecule has 4 nitrogen and oxygen atoms in total. The molecule has 0 radical (unpaired) electrons. The first kappa shape index (κ1) is 17.5. The highest BCUT2D eigenvalue weighted by Crippen LogP contribution is 2.30. The van der Waals surface area contributed by atoms with E-state index in [1.54, 1.807) is 4.90 Å². The summed E-state index contributed by atoms with van der Waals surface area (Å²) in [6, 6.07) is 1.88. The number of carbonyl (C=O) groups is 1. The summed E-state index contributed by atoms with van der Waals surface area (Å²) in [5, 5.41) is 2.53. The summed E-state index contributed by atoms with van der Waals surface area (Å²) in [5.74, 6) is -0.993. The highest BCUT2D eigenvalue weighted by molar-refractivity contribution is 5.74. The Morgan fingerprint density at radius 2 is 2.17 bits per heavy atom. The van der Waals surface area contributed by atoms with Gasteiger partial charge in [0.25, 0.3) is 0 Å². The number of hydrogen-bond donors (Lipinski definition) is 1. The summed E-state index contributed by atoms with van der Waals surface area (Å²) >= 11 is 0. The first-order valence-electron chi connectivity index (χ1n) is 7.27. The zero-order valence-corrected chi connectivity index (χ0v) is 12.6. The second kappa shape index (κ2) is 7.16. The Morgan fingerprint density at radius 1 is 1.43 bits per heavy atom. The Hall–Kier alpha value is -1.83. The summed E-state index contributed by atoms with van der Waals surface area (Å²) in [6.45, 7) is 3.18. The van der Waals surface area contributed by atoms with E-state index in [4.69, 9.17) is 4.74 Å². The lowest BCUT2D eigenvalue weighted by Gasteiger charge is -2.22. The van der Waals surface area contributed by atoms with E-state index in [9.17, 15) is 22.4 Å². The first-order chi connectivity index (χ1) is 10.8. The monoisotopic (exact) mass is 334 g/mol. The van der Waals surface area contributed by atoms with E-state index >= 15 is 0 Å². The summed E-state index contributed by atoms with van der Waals surface area (Å²) in [7, 11) is 0. The molecule has 0 bridgehead atoms. The van der Waals surface area contributed by atoms with Crippen molar-refractivity contribution in [2.24, 2.45) is 0 Å². The maximum Gasteiger partial charge on any atom is 0.416 e. The van der Waals surface area contributed by atoms with Crippen LogP contribution in [0.5, 0.6) is 0 Å². The molecule has 23 heavy (non-hydrogen) atoms. The number of ether oxygens (including phenoxy) is 1. The van der Waals surface area contributed by atoms with Gasteiger partial charge in [0.1, 0.15) is 5.82 Å². The van der Waals surface area contributed by atoms with Gasteiger partial charge in [0.05, 0.1) is 11.7 Å². The van der Waals surface area contributed by atoms with Crippen LogP contribution >= 0.6 is 0 Å². The molecule has 0 unspecified atom stereocenters. The Kier molecular flexibility index (Phi) is 5.46. The topological polar surface area (TPSA) is 41.6 Å². The Bertz CT molecular complexity index is 563. The molecule has 1 atom stereocenters. The SMILES string of the molecule is C[C@@H]1CN(C(=O)NCc2ccc(C(F)(F)F)cc2F)CCCO1. The third kappa shape index (κ3) is 4.82. The summed E-state index contributed by atoms with van der Waals surface area (Å²) < 4.78 is 56.6. The fourth-order valence-electron chi connectivity index (χ4n) is 2.33. The molecular weight excluding hydrogens is 316 g/mol. The number of benzene rings is 1. The molecule has 1 aromatic rings. The molecule has 1 aliphatic heterocycles. The van der Waals surface area contributed by atoms with E-state index in [1.807, 2.05) is 6.92 Å². The van der Waals surface area contributed by atoms with Crippen LogP contribution < -0.4 is 5.32 Å². The lowest BCUT2D eigenvalue weighted by molar-refractivity contribution is -0.137. The van der Waals surface area contributed by atoms with Gasteiger partial charge in [-0.2, -0.15) is 13.2 Å².